The highest BCUT2D eigenvalue weighted by Gasteiger charge is 2.80. The number of amides is 2. The molecule has 3 saturated heterocycles. The molecule has 2 bridgehead atoms. The van der Waals surface area contributed by atoms with Gasteiger partial charge in [0.15, 0.2) is 0 Å². The molecule has 0 unspecified atom stereocenters. The van der Waals surface area contributed by atoms with Crippen LogP contribution in [0.4, 0.5) is 18.9 Å². The molecular weight excluding hydrogens is 409 g/mol. The molecule has 6 atom stereocenters. The molecule has 8 nitrogen and oxygen atoms in total. The summed E-state index contributed by atoms with van der Waals surface area (Å²) in [6, 6.07) is 3.85. The van der Waals surface area contributed by atoms with Crippen LogP contribution in [0.3, 0.4) is 0 Å². The van der Waals surface area contributed by atoms with Crippen LogP contribution in [0.5, 0.6) is 0 Å². The largest absolute Gasteiger partial charge is 0.481 e. The lowest BCUT2D eigenvalue weighted by Gasteiger charge is -2.36. The second-order valence-electron chi connectivity index (χ2n) is 8.04. The predicted octanol–water partition coefficient (Wildman–Crippen LogP) is 1.31. The van der Waals surface area contributed by atoms with Crippen LogP contribution in [0.15, 0.2) is 18.2 Å². The van der Waals surface area contributed by atoms with Crippen molar-refractivity contribution >= 4 is 23.5 Å². The Bertz CT molecular complexity index is 1050. The number of fused-ring (bicyclic) bond motifs is 5. The number of nitriles is 1. The minimum absolute atomic E-state index is 0.390. The van der Waals surface area contributed by atoms with Gasteiger partial charge in [-0.15, -0.1) is 0 Å². The van der Waals surface area contributed by atoms with Crippen LogP contribution in [0.2, 0.25) is 0 Å². The van der Waals surface area contributed by atoms with Gasteiger partial charge in [-0.1, -0.05) is 0 Å². The van der Waals surface area contributed by atoms with Crippen molar-refractivity contribution in [2.45, 2.75) is 37.3 Å². The first-order valence-corrected chi connectivity index (χ1v) is 8.89. The Labute approximate surface area is 167 Å². The minimum Gasteiger partial charge on any atom is -0.481 e. The zero-order chi connectivity index (χ0) is 22.4. The van der Waals surface area contributed by atoms with Gasteiger partial charge >= 0.3 is 12.1 Å². The Kier molecular flexibility index (Phi) is 3.93. The van der Waals surface area contributed by atoms with Gasteiger partial charge in [0.2, 0.25) is 11.8 Å². The number of alkyl halides is 3. The number of aliphatic hydroxyl groups is 1. The number of imide groups is 1. The maximum Gasteiger partial charge on any atom is 0.417 e. The first-order valence-electron chi connectivity index (χ1n) is 8.89. The number of ether oxygens (including phenoxy) is 1. The summed E-state index contributed by atoms with van der Waals surface area (Å²) in [4.78, 5) is 38.5. The van der Waals surface area contributed by atoms with Gasteiger partial charge in [0.1, 0.15) is 11.5 Å². The third-order valence-electron chi connectivity index (χ3n) is 6.45. The zero-order valence-corrected chi connectivity index (χ0v) is 15.6. The van der Waals surface area contributed by atoms with E-state index in [1.54, 1.807) is 0 Å². The summed E-state index contributed by atoms with van der Waals surface area (Å²) >= 11 is 0. The molecule has 0 radical (unpaired) electrons. The van der Waals surface area contributed by atoms with Gasteiger partial charge in [-0.2, -0.15) is 18.4 Å². The molecule has 1 aromatic rings. The van der Waals surface area contributed by atoms with Crippen molar-refractivity contribution in [3.8, 4) is 6.07 Å². The molecule has 3 heterocycles. The van der Waals surface area contributed by atoms with Crippen molar-refractivity contribution in [3.63, 3.8) is 0 Å². The monoisotopic (exact) mass is 424 g/mol. The van der Waals surface area contributed by atoms with Gasteiger partial charge in [-0.25, -0.2) is 4.90 Å². The van der Waals surface area contributed by atoms with Crippen molar-refractivity contribution in [2.75, 3.05) is 4.90 Å². The van der Waals surface area contributed by atoms with E-state index in [1.165, 1.54) is 19.9 Å². The fraction of sp³-hybridized carbons (Fsp3) is 0.474. The molecule has 0 saturated carbocycles. The van der Waals surface area contributed by atoms with E-state index in [9.17, 15) is 37.8 Å². The fourth-order valence-electron chi connectivity index (χ4n) is 5.21. The SMILES string of the molecule is C[C@]12O[C@](C)([C@@H]3C(=O)N(c4ccc(C#N)c(C(F)(F)F)c4)C(=O)[C@@H]31)[C@@H](O)[C@@H]2C(=O)O. The average Bonchev–Trinajstić information content (AvgIpc) is 3.13. The molecule has 0 aliphatic carbocycles. The highest BCUT2D eigenvalue weighted by Crippen LogP contribution is 2.63. The number of halogens is 3. The second kappa shape index (κ2) is 5.80. The summed E-state index contributed by atoms with van der Waals surface area (Å²) in [6.07, 6.45) is -6.49. The van der Waals surface area contributed by atoms with Gasteiger partial charge in [0.25, 0.3) is 0 Å². The molecule has 2 amide bonds. The van der Waals surface area contributed by atoms with Crippen LogP contribution in [0, 0.1) is 29.1 Å². The summed E-state index contributed by atoms with van der Waals surface area (Å²) in [5.41, 5.74) is -5.78. The summed E-state index contributed by atoms with van der Waals surface area (Å²) < 4.78 is 45.7. The van der Waals surface area contributed by atoms with Crippen molar-refractivity contribution in [1.29, 1.82) is 5.26 Å². The molecule has 158 valence electrons. The van der Waals surface area contributed by atoms with Gasteiger partial charge in [-0.3, -0.25) is 14.4 Å². The number of carboxylic acid groups (broad SMARTS) is 1. The highest BCUT2D eigenvalue weighted by atomic mass is 19.4. The number of carbonyl (C=O) groups is 3. The van der Waals surface area contributed by atoms with E-state index >= 15 is 0 Å². The van der Waals surface area contributed by atoms with E-state index in [2.05, 4.69) is 0 Å². The lowest BCUT2D eigenvalue weighted by atomic mass is 9.62. The smallest absolute Gasteiger partial charge is 0.417 e. The molecule has 0 spiro atoms. The molecule has 3 aliphatic rings. The van der Waals surface area contributed by atoms with Crippen molar-refractivity contribution in [3.05, 3.63) is 29.3 Å². The van der Waals surface area contributed by atoms with E-state index in [4.69, 9.17) is 10.00 Å². The standard InChI is InChI=1S/C19H15F3N2O6/c1-17-10-11(18(2,30-17)13(25)12(17)16(28)29)15(27)24(14(10)26)8-4-3-7(6-23)9(5-8)19(20,21)22/h3-5,10-13,25H,1-2H3,(H,28,29)/t10-,11+,12-,13+,17+,18-/m1/s1. The first kappa shape index (κ1) is 20.3. The highest BCUT2D eigenvalue weighted by molar-refractivity contribution is 6.23. The molecule has 0 aromatic heterocycles. The van der Waals surface area contributed by atoms with Crippen LogP contribution in [-0.2, 0) is 25.3 Å². The molecule has 30 heavy (non-hydrogen) atoms. The summed E-state index contributed by atoms with van der Waals surface area (Å²) in [5, 5.41) is 29.0. The van der Waals surface area contributed by atoms with Crippen LogP contribution in [-0.4, -0.2) is 45.3 Å². The molecule has 2 N–H and O–H groups in total. The predicted molar refractivity (Wildman–Crippen MR) is 90.7 cm³/mol. The molecule has 11 heteroatoms. The number of nitrogens with zero attached hydrogens (tertiary/aromatic N) is 2. The fourth-order valence-corrected chi connectivity index (χ4v) is 5.21. The number of anilines is 1. The number of aliphatic carboxylic acids is 1. The topological polar surface area (TPSA) is 128 Å². The van der Waals surface area contributed by atoms with Crippen molar-refractivity contribution < 1.29 is 42.5 Å². The first-order chi connectivity index (χ1) is 13.8. The number of hydrogen-bond donors (Lipinski definition) is 2. The van der Waals surface area contributed by atoms with E-state index in [0.717, 1.165) is 12.1 Å². The third kappa shape index (κ3) is 2.26. The van der Waals surface area contributed by atoms with Gasteiger partial charge < -0.3 is 14.9 Å². The quantitative estimate of drug-likeness (QED) is 0.685. The molecular formula is C19H15F3N2O6. The Hall–Kier alpha value is -2.97. The number of carboxylic acids is 1. The van der Waals surface area contributed by atoms with E-state index in [0.29, 0.717) is 11.0 Å². The number of benzene rings is 1. The Morgan fingerprint density at radius 2 is 1.77 bits per heavy atom. The van der Waals surface area contributed by atoms with Crippen molar-refractivity contribution in [1.82, 2.24) is 0 Å². The van der Waals surface area contributed by atoms with E-state index < -0.39 is 75.8 Å². The Balaban J connectivity index is 1.83. The van der Waals surface area contributed by atoms with E-state index in [1.807, 2.05) is 0 Å². The van der Waals surface area contributed by atoms with Crippen LogP contribution in [0.25, 0.3) is 0 Å². The molecule has 3 aliphatic heterocycles. The van der Waals surface area contributed by atoms with Gasteiger partial charge in [-0.05, 0) is 32.0 Å². The van der Waals surface area contributed by atoms with Gasteiger partial charge in [0, 0.05) is 0 Å². The van der Waals surface area contributed by atoms with Crippen LogP contribution in [0.1, 0.15) is 25.0 Å². The number of hydrogen-bond acceptors (Lipinski definition) is 6. The van der Waals surface area contributed by atoms with Crippen molar-refractivity contribution in [2.24, 2.45) is 17.8 Å². The minimum atomic E-state index is -4.90. The van der Waals surface area contributed by atoms with E-state index in [-0.39, 0.29) is 0 Å². The maximum atomic E-state index is 13.3. The van der Waals surface area contributed by atoms with Gasteiger partial charge in [0.05, 0.1) is 46.4 Å². The molecule has 1 aromatic carbocycles. The lowest BCUT2D eigenvalue weighted by Crippen LogP contribution is -2.56. The lowest BCUT2D eigenvalue weighted by molar-refractivity contribution is -0.154. The third-order valence-corrected chi connectivity index (χ3v) is 6.45. The summed E-state index contributed by atoms with van der Waals surface area (Å²) in [6.45, 7) is 2.62. The normalized spacial score (nSPS) is 37.4. The molecule has 3 fully saturated rings. The molecule has 4 rings (SSSR count). The Morgan fingerprint density at radius 1 is 1.20 bits per heavy atom. The maximum absolute atomic E-state index is 13.3. The summed E-state index contributed by atoms with van der Waals surface area (Å²) in [5.74, 6) is -7.25. The zero-order valence-electron chi connectivity index (χ0n) is 15.6. The number of rotatable bonds is 2. The Morgan fingerprint density at radius 3 is 2.27 bits per heavy atom. The average molecular weight is 424 g/mol. The number of aliphatic hydroxyl groups excluding tert-OH is 1. The van der Waals surface area contributed by atoms with Crippen LogP contribution >= 0.6 is 0 Å². The van der Waals surface area contributed by atoms with Crippen LogP contribution < -0.4 is 4.90 Å². The summed E-state index contributed by atoms with van der Waals surface area (Å²) in [7, 11) is 0. The second-order valence-corrected chi connectivity index (χ2v) is 8.04. The number of carbonyl (C=O) groups excluding carboxylic acids is 2.